The van der Waals surface area contributed by atoms with Crippen LogP contribution in [0.4, 0.5) is 0 Å². The third-order valence-electron chi connectivity index (χ3n) is 5.38. The molecule has 27 heavy (non-hydrogen) atoms. The molecule has 7 nitrogen and oxygen atoms in total. The average Bonchev–Trinajstić information content (AvgIpc) is 2.68. The molecule has 0 unspecified atom stereocenters. The van der Waals surface area contributed by atoms with Crippen molar-refractivity contribution in [3.8, 4) is 5.75 Å². The number of hydrogen-bond acceptors (Lipinski definition) is 5. The van der Waals surface area contributed by atoms with E-state index in [1.54, 1.807) is 30.2 Å². The topological polar surface area (TPSA) is 82.1 Å². The molecule has 2 N–H and O–H groups in total. The molecule has 0 bridgehead atoms. The number of phenols is 1. The SMILES string of the molecule is COCC1(C(=O)N2CCN(C(=O)c3cccc(O)c3)CC2)CCNCC1.Cl. The fourth-order valence-electron chi connectivity index (χ4n) is 3.87. The minimum atomic E-state index is -0.447. The first-order chi connectivity index (χ1) is 12.6. The Balaban J connectivity index is 0.00000261. The van der Waals surface area contributed by atoms with E-state index in [1.165, 1.54) is 6.07 Å². The molecule has 0 saturated carbocycles. The van der Waals surface area contributed by atoms with Gasteiger partial charge < -0.3 is 25.0 Å². The molecule has 2 heterocycles. The molecule has 2 fully saturated rings. The monoisotopic (exact) mass is 397 g/mol. The fourth-order valence-corrected chi connectivity index (χ4v) is 3.87. The zero-order valence-corrected chi connectivity index (χ0v) is 16.5. The van der Waals surface area contributed by atoms with E-state index in [1.807, 2.05) is 4.90 Å². The second kappa shape index (κ2) is 9.39. The van der Waals surface area contributed by atoms with Crippen molar-refractivity contribution in [3.63, 3.8) is 0 Å². The molecule has 2 aliphatic heterocycles. The van der Waals surface area contributed by atoms with Gasteiger partial charge in [-0.25, -0.2) is 0 Å². The number of aromatic hydroxyl groups is 1. The summed E-state index contributed by atoms with van der Waals surface area (Å²) in [6.45, 7) is 4.15. The van der Waals surface area contributed by atoms with Gasteiger partial charge >= 0.3 is 0 Å². The van der Waals surface area contributed by atoms with Crippen LogP contribution in [0, 0.1) is 5.41 Å². The minimum absolute atomic E-state index is 0. The van der Waals surface area contributed by atoms with Gasteiger partial charge in [0.25, 0.3) is 5.91 Å². The van der Waals surface area contributed by atoms with Crippen molar-refractivity contribution in [2.75, 3.05) is 53.0 Å². The molecule has 0 spiro atoms. The molecule has 0 aromatic heterocycles. The predicted octanol–water partition coefficient (Wildman–Crippen LogP) is 1.11. The highest BCUT2D eigenvalue weighted by Crippen LogP contribution is 2.32. The maximum absolute atomic E-state index is 13.1. The largest absolute Gasteiger partial charge is 0.508 e. The van der Waals surface area contributed by atoms with E-state index >= 15 is 0 Å². The molecule has 150 valence electrons. The summed E-state index contributed by atoms with van der Waals surface area (Å²) in [5.74, 6) is 0.115. The third-order valence-corrected chi connectivity index (χ3v) is 5.38. The molecule has 2 amide bonds. The molecule has 1 aromatic carbocycles. The number of benzene rings is 1. The van der Waals surface area contributed by atoms with Crippen LogP contribution in [0.3, 0.4) is 0 Å². The van der Waals surface area contributed by atoms with Gasteiger partial charge in [0.15, 0.2) is 0 Å². The smallest absolute Gasteiger partial charge is 0.254 e. The maximum atomic E-state index is 13.1. The quantitative estimate of drug-likeness (QED) is 0.795. The molecule has 0 aliphatic carbocycles. The first-order valence-corrected chi connectivity index (χ1v) is 9.13. The van der Waals surface area contributed by atoms with Crippen LogP contribution in [-0.4, -0.2) is 79.7 Å². The lowest BCUT2D eigenvalue weighted by molar-refractivity contribution is -0.149. The number of rotatable bonds is 4. The maximum Gasteiger partial charge on any atom is 0.254 e. The number of amides is 2. The number of nitrogens with one attached hydrogen (secondary N) is 1. The van der Waals surface area contributed by atoms with Crippen LogP contribution in [0.2, 0.25) is 0 Å². The standard InChI is InChI=1S/C19H27N3O4.ClH/c1-26-14-19(5-7-20-8-6-19)18(25)22-11-9-21(10-12-22)17(24)15-3-2-4-16(23)13-15;/h2-4,13,20,23H,5-12,14H2,1H3;1H. The zero-order chi connectivity index (χ0) is 18.6. The van der Waals surface area contributed by atoms with E-state index in [-0.39, 0.29) is 30.0 Å². The average molecular weight is 398 g/mol. The van der Waals surface area contributed by atoms with Crippen molar-refractivity contribution < 1.29 is 19.4 Å². The summed E-state index contributed by atoms with van der Waals surface area (Å²) >= 11 is 0. The zero-order valence-electron chi connectivity index (χ0n) is 15.6. The van der Waals surface area contributed by atoms with Crippen molar-refractivity contribution in [2.45, 2.75) is 12.8 Å². The lowest BCUT2D eigenvalue weighted by Gasteiger charge is -2.42. The number of nitrogens with zero attached hydrogens (tertiary/aromatic N) is 2. The van der Waals surface area contributed by atoms with Crippen molar-refractivity contribution in [1.29, 1.82) is 0 Å². The van der Waals surface area contributed by atoms with Crippen LogP contribution in [0.1, 0.15) is 23.2 Å². The van der Waals surface area contributed by atoms with Gasteiger partial charge in [-0.05, 0) is 44.1 Å². The van der Waals surface area contributed by atoms with E-state index < -0.39 is 5.41 Å². The Kier molecular flexibility index (Phi) is 7.47. The van der Waals surface area contributed by atoms with E-state index in [0.717, 1.165) is 25.9 Å². The molecule has 8 heteroatoms. The summed E-state index contributed by atoms with van der Waals surface area (Å²) in [6.07, 6.45) is 1.56. The summed E-state index contributed by atoms with van der Waals surface area (Å²) in [5.41, 5.74) is 0.0243. The first-order valence-electron chi connectivity index (χ1n) is 9.13. The summed E-state index contributed by atoms with van der Waals surface area (Å²) in [6, 6.07) is 6.38. The summed E-state index contributed by atoms with van der Waals surface area (Å²) in [4.78, 5) is 29.3. The van der Waals surface area contributed by atoms with Crippen molar-refractivity contribution >= 4 is 24.2 Å². The van der Waals surface area contributed by atoms with Gasteiger partial charge in [-0.2, -0.15) is 0 Å². The second-order valence-electron chi connectivity index (χ2n) is 7.10. The molecule has 1 aromatic rings. The Hall–Kier alpha value is -1.83. The highest BCUT2D eigenvalue weighted by Gasteiger charge is 2.43. The van der Waals surface area contributed by atoms with Crippen molar-refractivity contribution in [2.24, 2.45) is 5.41 Å². The fraction of sp³-hybridized carbons (Fsp3) is 0.579. The van der Waals surface area contributed by atoms with Crippen molar-refractivity contribution in [1.82, 2.24) is 15.1 Å². The van der Waals surface area contributed by atoms with Crippen LogP contribution >= 0.6 is 12.4 Å². The lowest BCUT2D eigenvalue weighted by Crippen LogP contribution is -2.57. The number of piperidine rings is 1. The second-order valence-corrected chi connectivity index (χ2v) is 7.10. The number of piperazine rings is 1. The van der Waals surface area contributed by atoms with Crippen LogP contribution in [-0.2, 0) is 9.53 Å². The van der Waals surface area contributed by atoms with Gasteiger partial charge in [-0.3, -0.25) is 9.59 Å². The number of phenolic OH excluding ortho intramolecular Hbond substituents is 1. The Morgan fingerprint density at radius 1 is 1.15 bits per heavy atom. The van der Waals surface area contributed by atoms with E-state index in [9.17, 15) is 14.7 Å². The van der Waals surface area contributed by atoms with Gasteiger partial charge in [-0.1, -0.05) is 6.07 Å². The molecule has 3 rings (SSSR count). The Labute approximate surface area is 166 Å². The van der Waals surface area contributed by atoms with Gasteiger partial charge in [0.05, 0.1) is 12.0 Å². The van der Waals surface area contributed by atoms with Gasteiger partial charge in [0, 0.05) is 38.9 Å². The first kappa shape index (κ1) is 21.5. The number of hydrogen-bond donors (Lipinski definition) is 2. The summed E-state index contributed by atoms with van der Waals surface area (Å²) in [5, 5.41) is 12.9. The Morgan fingerprint density at radius 2 is 1.78 bits per heavy atom. The van der Waals surface area contributed by atoms with E-state index in [0.29, 0.717) is 38.3 Å². The van der Waals surface area contributed by atoms with Gasteiger partial charge in [0.1, 0.15) is 5.75 Å². The normalized spacial score (nSPS) is 19.3. The number of carbonyl (C=O) groups excluding carboxylic acids is 2. The van der Waals surface area contributed by atoms with Crippen LogP contribution in [0.15, 0.2) is 24.3 Å². The minimum Gasteiger partial charge on any atom is -0.508 e. The highest BCUT2D eigenvalue weighted by atomic mass is 35.5. The molecular weight excluding hydrogens is 370 g/mol. The molecule has 0 atom stereocenters. The van der Waals surface area contributed by atoms with Gasteiger partial charge in [-0.15, -0.1) is 12.4 Å². The molecule has 0 radical (unpaired) electrons. The molecular formula is C19H28ClN3O4. The van der Waals surface area contributed by atoms with Crippen LogP contribution in [0.25, 0.3) is 0 Å². The van der Waals surface area contributed by atoms with Crippen LogP contribution < -0.4 is 5.32 Å². The van der Waals surface area contributed by atoms with Gasteiger partial charge in [0.2, 0.25) is 5.91 Å². The Morgan fingerprint density at radius 3 is 2.37 bits per heavy atom. The number of halogens is 1. The highest BCUT2D eigenvalue weighted by molar-refractivity contribution is 5.94. The number of methoxy groups -OCH3 is 1. The Bertz CT molecular complexity index is 651. The molecule has 2 aliphatic rings. The number of ether oxygens (including phenoxy) is 1. The molecule has 2 saturated heterocycles. The third kappa shape index (κ3) is 4.72. The summed E-state index contributed by atoms with van der Waals surface area (Å²) < 4.78 is 5.36. The van der Waals surface area contributed by atoms with Crippen LogP contribution in [0.5, 0.6) is 5.75 Å². The predicted molar refractivity (Wildman–Crippen MR) is 104 cm³/mol. The van der Waals surface area contributed by atoms with Crippen molar-refractivity contribution in [3.05, 3.63) is 29.8 Å². The summed E-state index contributed by atoms with van der Waals surface area (Å²) in [7, 11) is 1.64. The van der Waals surface area contributed by atoms with E-state index in [2.05, 4.69) is 5.32 Å². The lowest BCUT2D eigenvalue weighted by atomic mass is 9.78. The van der Waals surface area contributed by atoms with E-state index in [4.69, 9.17) is 4.74 Å². The number of carbonyl (C=O) groups is 2.